The number of ether oxygens (including phenoxy) is 13. The predicted octanol–water partition coefficient (Wildman–Crippen LogP) is 7.18. The van der Waals surface area contributed by atoms with Crippen LogP contribution in [0.15, 0.2) is 134 Å². The number of hydrogen-bond acceptors (Lipinski definition) is 13. The fourth-order valence-electron chi connectivity index (χ4n) is 8.84. The number of fused-ring (bicyclic) bond motifs is 2. The Bertz CT molecular complexity index is 2030. The average Bonchev–Trinajstić information content (AvgIpc) is 3.96. The fourth-order valence-corrected chi connectivity index (χ4v) is 8.84. The van der Waals surface area contributed by atoms with Crippen molar-refractivity contribution in [2.75, 3.05) is 26.4 Å². The molecule has 9 rings (SSSR count). The van der Waals surface area contributed by atoms with Crippen LogP contribution in [0.1, 0.15) is 49.3 Å². The summed E-state index contributed by atoms with van der Waals surface area (Å²) >= 11 is 0. The maximum atomic E-state index is 7.16. The van der Waals surface area contributed by atoms with Crippen LogP contribution in [0.5, 0.6) is 0 Å². The number of rotatable bonds is 18. The van der Waals surface area contributed by atoms with Gasteiger partial charge in [0.25, 0.3) is 0 Å². The third-order valence-corrected chi connectivity index (χ3v) is 11.9. The van der Waals surface area contributed by atoms with E-state index in [4.69, 9.17) is 61.6 Å². The molecule has 336 valence electrons. The minimum absolute atomic E-state index is 0.115. The zero-order chi connectivity index (χ0) is 43.2. The molecule has 0 amide bonds. The molecule has 4 aromatic carbocycles. The van der Waals surface area contributed by atoms with E-state index in [-0.39, 0.29) is 33.0 Å². The largest absolute Gasteiger partial charge is 0.374 e. The van der Waals surface area contributed by atoms with Crippen LogP contribution in [0.2, 0.25) is 0 Å². The molecule has 5 aliphatic heterocycles. The molecule has 5 saturated heterocycles. The highest BCUT2D eigenvalue weighted by atomic mass is 16.8. The second-order valence-electron chi connectivity index (χ2n) is 17.0. The van der Waals surface area contributed by atoms with E-state index in [0.29, 0.717) is 13.2 Å². The molecular formula is C50H58O13. The van der Waals surface area contributed by atoms with Crippen LogP contribution in [0.25, 0.3) is 0 Å². The Labute approximate surface area is 369 Å². The Balaban J connectivity index is 1.02. The maximum absolute atomic E-state index is 7.16. The van der Waals surface area contributed by atoms with Crippen LogP contribution in [-0.2, 0) is 81.4 Å². The molecule has 5 aliphatic rings. The van der Waals surface area contributed by atoms with Crippen molar-refractivity contribution < 1.29 is 61.6 Å². The normalized spacial score (nSPS) is 34.7. The van der Waals surface area contributed by atoms with Crippen LogP contribution >= 0.6 is 0 Å². The van der Waals surface area contributed by atoms with Gasteiger partial charge >= 0.3 is 0 Å². The van der Waals surface area contributed by atoms with Gasteiger partial charge in [0.1, 0.15) is 48.3 Å². The first-order valence-corrected chi connectivity index (χ1v) is 21.9. The number of hydrogen-bond donors (Lipinski definition) is 0. The predicted molar refractivity (Wildman–Crippen MR) is 228 cm³/mol. The highest BCUT2D eigenvalue weighted by Crippen LogP contribution is 2.47. The van der Waals surface area contributed by atoms with Crippen molar-refractivity contribution in [3.8, 4) is 0 Å². The first kappa shape index (κ1) is 44.3. The average molecular weight is 867 g/mol. The van der Waals surface area contributed by atoms with Crippen molar-refractivity contribution in [3.05, 3.63) is 156 Å². The Morgan fingerprint density at radius 3 is 1.89 bits per heavy atom. The molecule has 63 heavy (non-hydrogen) atoms. The van der Waals surface area contributed by atoms with E-state index in [1.807, 2.05) is 142 Å². The van der Waals surface area contributed by atoms with Crippen LogP contribution in [0, 0.1) is 0 Å². The van der Waals surface area contributed by atoms with Gasteiger partial charge in [0.05, 0.1) is 52.4 Å². The van der Waals surface area contributed by atoms with E-state index in [1.54, 1.807) is 6.08 Å². The highest BCUT2D eigenvalue weighted by molar-refractivity contribution is 5.19. The Morgan fingerprint density at radius 1 is 0.619 bits per heavy atom. The van der Waals surface area contributed by atoms with E-state index in [0.717, 1.165) is 22.3 Å². The summed E-state index contributed by atoms with van der Waals surface area (Å²) in [6, 6.07) is 39.8. The van der Waals surface area contributed by atoms with E-state index in [2.05, 4.69) is 6.58 Å². The minimum Gasteiger partial charge on any atom is -0.374 e. The van der Waals surface area contributed by atoms with Crippen molar-refractivity contribution in [2.45, 2.75) is 126 Å². The summed E-state index contributed by atoms with van der Waals surface area (Å²) in [7, 11) is 0. The van der Waals surface area contributed by atoms with E-state index in [1.165, 1.54) is 0 Å². The van der Waals surface area contributed by atoms with Crippen molar-refractivity contribution in [2.24, 2.45) is 0 Å². The lowest BCUT2D eigenvalue weighted by Crippen LogP contribution is -2.62. The lowest BCUT2D eigenvalue weighted by atomic mass is 9.98. The second kappa shape index (κ2) is 20.1. The van der Waals surface area contributed by atoms with Crippen molar-refractivity contribution in [1.29, 1.82) is 0 Å². The lowest BCUT2D eigenvalue weighted by Gasteiger charge is -2.46. The molecule has 4 aromatic rings. The van der Waals surface area contributed by atoms with E-state index in [9.17, 15) is 0 Å². The maximum Gasteiger partial charge on any atom is 0.187 e. The van der Waals surface area contributed by atoms with Crippen LogP contribution in [0.3, 0.4) is 0 Å². The summed E-state index contributed by atoms with van der Waals surface area (Å²) in [5.41, 5.74) is 2.89. The second-order valence-corrected chi connectivity index (χ2v) is 17.0. The van der Waals surface area contributed by atoms with Gasteiger partial charge in [-0.3, -0.25) is 0 Å². The first-order valence-electron chi connectivity index (χ1n) is 21.9. The quantitative estimate of drug-likeness (QED) is 0.0941. The molecule has 7 unspecified atom stereocenters. The minimum atomic E-state index is -0.984. The highest BCUT2D eigenvalue weighted by Gasteiger charge is 2.62. The summed E-state index contributed by atoms with van der Waals surface area (Å²) < 4.78 is 86.1. The summed E-state index contributed by atoms with van der Waals surface area (Å²) in [6.45, 7) is 11.1. The molecule has 0 aliphatic carbocycles. The lowest BCUT2D eigenvalue weighted by molar-refractivity contribution is -0.353. The third kappa shape index (κ3) is 10.3. The Kier molecular flexibility index (Phi) is 14.1. The molecule has 13 heteroatoms. The van der Waals surface area contributed by atoms with Gasteiger partial charge < -0.3 is 61.6 Å². The van der Waals surface area contributed by atoms with Crippen LogP contribution in [-0.4, -0.2) is 106 Å². The summed E-state index contributed by atoms with van der Waals surface area (Å²) in [5.74, 6) is -0.920. The SMILES string of the molecule is C=CCO[C@@H]1OC(C)[C@H](O[C@@H]2OC[C@@H](OCc3ccccc3)C(O[C@@H]3OCC4(COCc5ccccc5)O[C@@H](c5ccccc5)OC34)C2OCc2ccccc2)C2OC(C)(C)OC21. The third-order valence-electron chi connectivity index (χ3n) is 11.9. The van der Waals surface area contributed by atoms with Gasteiger partial charge in [-0.25, -0.2) is 0 Å². The van der Waals surface area contributed by atoms with Gasteiger partial charge in [-0.05, 0) is 37.5 Å². The molecule has 13 atom stereocenters. The zero-order valence-electron chi connectivity index (χ0n) is 36.0. The van der Waals surface area contributed by atoms with Gasteiger partial charge in [0, 0.05) is 5.56 Å². The van der Waals surface area contributed by atoms with Crippen molar-refractivity contribution >= 4 is 0 Å². The summed E-state index contributed by atoms with van der Waals surface area (Å²) in [4.78, 5) is 0. The van der Waals surface area contributed by atoms with Crippen molar-refractivity contribution in [1.82, 2.24) is 0 Å². The molecule has 0 radical (unpaired) electrons. The van der Waals surface area contributed by atoms with Gasteiger partial charge in [-0.1, -0.05) is 127 Å². The molecule has 0 spiro atoms. The molecule has 0 aromatic heterocycles. The summed E-state index contributed by atoms with van der Waals surface area (Å²) in [5, 5.41) is 0. The van der Waals surface area contributed by atoms with Gasteiger partial charge in [-0.2, -0.15) is 0 Å². The monoisotopic (exact) mass is 866 g/mol. The molecule has 0 bridgehead atoms. The Morgan fingerprint density at radius 2 is 1.22 bits per heavy atom. The van der Waals surface area contributed by atoms with Gasteiger partial charge in [0.2, 0.25) is 0 Å². The van der Waals surface area contributed by atoms with Gasteiger partial charge in [0.15, 0.2) is 30.9 Å². The van der Waals surface area contributed by atoms with E-state index < -0.39 is 85.4 Å². The molecular weight excluding hydrogens is 809 g/mol. The van der Waals surface area contributed by atoms with E-state index >= 15 is 0 Å². The zero-order valence-corrected chi connectivity index (χ0v) is 36.0. The molecule has 0 N–H and O–H groups in total. The number of benzene rings is 4. The van der Waals surface area contributed by atoms with Gasteiger partial charge in [-0.15, -0.1) is 6.58 Å². The Hall–Kier alpha value is -3.90. The molecule has 5 heterocycles. The van der Waals surface area contributed by atoms with Crippen molar-refractivity contribution in [3.63, 3.8) is 0 Å². The first-order chi connectivity index (χ1) is 30.8. The topological polar surface area (TPSA) is 120 Å². The molecule has 0 saturated carbocycles. The van der Waals surface area contributed by atoms with Crippen LogP contribution < -0.4 is 0 Å². The standard InChI is InChI=1S/C50H58O13/c1-5-26-52-47-43-41(61-49(3,4)62-43)39(33(2)57-47)58-46-42(54-29-36-22-14-8-15-23-36)40(38(30-55-46)53-28-35-20-12-7-13-21-35)59-48-44-50(32-56-48,31-51-27-34-18-10-6-11-19-34)63-45(60-44)37-24-16-9-17-25-37/h5-25,33,38-48H,1,26-32H2,2-4H3/t33?,38-,39+,40?,41?,42?,43?,44?,45+,46+,47-,48+,50?/m1/s1. The van der Waals surface area contributed by atoms with Crippen LogP contribution in [0.4, 0.5) is 0 Å². The molecule has 13 nitrogen and oxygen atoms in total. The molecule has 5 fully saturated rings. The smallest absolute Gasteiger partial charge is 0.187 e. The summed E-state index contributed by atoms with van der Waals surface area (Å²) in [6.07, 6.45) is -6.81. The fraction of sp³-hybridized carbons (Fsp3) is 0.480.